The fourth-order valence-corrected chi connectivity index (χ4v) is 4.23. The first-order valence-corrected chi connectivity index (χ1v) is 8.10. The van der Waals surface area contributed by atoms with Gasteiger partial charge in [0.15, 0.2) is 0 Å². The van der Waals surface area contributed by atoms with Gasteiger partial charge in [0.1, 0.15) is 0 Å². The standard InChI is InChI=1S/C16H21F2N3O3/c1-9-12(10(2)21(19-9)15(17)18)6-13(22)20-7-11-4-3-5-16(11,8-20)14(23)24/h11,15H,3-8H2,1-2H3,(H,23,24)/t11-,16+/m0/s1. The number of nitrogens with zero attached hydrogens (tertiary/aromatic N) is 3. The number of aromatic nitrogens is 2. The smallest absolute Gasteiger partial charge is 0.333 e. The van der Waals surface area contributed by atoms with Crippen LogP contribution in [0.3, 0.4) is 0 Å². The molecule has 8 heteroatoms. The van der Waals surface area contributed by atoms with E-state index in [-0.39, 0.29) is 30.5 Å². The Kier molecular flexibility index (Phi) is 4.09. The van der Waals surface area contributed by atoms with Crippen molar-refractivity contribution in [2.45, 2.75) is 46.1 Å². The van der Waals surface area contributed by atoms with E-state index in [0.29, 0.717) is 28.9 Å². The number of carboxylic acids is 1. The molecule has 0 bridgehead atoms. The van der Waals surface area contributed by atoms with Gasteiger partial charge in [-0.2, -0.15) is 13.9 Å². The first-order chi connectivity index (χ1) is 11.3. The molecule has 1 N–H and O–H groups in total. The molecular weight excluding hydrogens is 320 g/mol. The van der Waals surface area contributed by atoms with Crippen molar-refractivity contribution in [1.29, 1.82) is 0 Å². The van der Waals surface area contributed by atoms with Gasteiger partial charge < -0.3 is 10.0 Å². The van der Waals surface area contributed by atoms with Crippen LogP contribution in [-0.4, -0.2) is 44.8 Å². The molecule has 0 unspecified atom stereocenters. The number of carboxylic acid groups (broad SMARTS) is 1. The third-order valence-electron chi connectivity index (χ3n) is 5.64. The summed E-state index contributed by atoms with van der Waals surface area (Å²) in [6, 6.07) is 0. The van der Waals surface area contributed by atoms with Gasteiger partial charge in [-0.1, -0.05) is 6.42 Å². The lowest BCUT2D eigenvalue weighted by Crippen LogP contribution is -2.37. The van der Waals surface area contributed by atoms with Crippen LogP contribution in [0.15, 0.2) is 0 Å². The maximum absolute atomic E-state index is 12.9. The topological polar surface area (TPSA) is 75.4 Å². The number of alkyl halides is 2. The third-order valence-corrected chi connectivity index (χ3v) is 5.64. The Labute approximate surface area is 138 Å². The quantitative estimate of drug-likeness (QED) is 0.910. The first kappa shape index (κ1) is 16.9. The average Bonchev–Trinajstić information content (AvgIpc) is 3.13. The first-order valence-electron chi connectivity index (χ1n) is 8.10. The van der Waals surface area contributed by atoms with Gasteiger partial charge in [0.25, 0.3) is 0 Å². The maximum Gasteiger partial charge on any atom is 0.333 e. The predicted molar refractivity (Wildman–Crippen MR) is 80.6 cm³/mol. The molecule has 24 heavy (non-hydrogen) atoms. The van der Waals surface area contributed by atoms with E-state index in [4.69, 9.17) is 0 Å². The highest BCUT2D eigenvalue weighted by atomic mass is 19.3. The van der Waals surface area contributed by atoms with E-state index in [0.717, 1.165) is 12.8 Å². The van der Waals surface area contributed by atoms with Crippen molar-refractivity contribution in [3.05, 3.63) is 17.0 Å². The number of aliphatic carboxylic acids is 1. The molecule has 0 aromatic carbocycles. The highest BCUT2D eigenvalue weighted by Crippen LogP contribution is 2.49. The second-order valence-corrected chi connectivity index (χ2v) is 6.87. The highest BCUT2D eigenvalue weighted by molar-refractivity contribution is 5.83. The molecule has 0 radical (unpaired) electrons. The fraction of sp³-hybridized carbons (Fsp3) is 0.688. The van der Waals surface area contributed by atoms with Crippen molar-refractivity contribution >= 4 is 11.9 Å². The summed E-state index contributed by atoms with van der Waals surface area (Å²) in [5.41, 5.74) is 0.366. The molecule has 0 spiro atoms. The number of halogens is 2. The molecule has 1 aliphatic carbocycles. The van der Waals surface area contributed by atoms with Crippen LogP contribution < -0.4 is 0 Å². The zero-order chi connectivity index (χ0) is 17.6. The summed E-state index contributed by atoms with van der Waals surface area (Å²) in [6.07, 6.45) is 2.26. The molecule has 1 aromatic heterocycles. The van der Waals surface area contributed by atoms with Crippen LogP contribution in [0.2, 0.25) is 0 Å². The number of carbonyl (C=O) groups is 2. The van der Waals surface area contributed by atoms with Gasteiger partial charge >= 0.3 is 12.5 Å². The molecule has 6 nitrogen and oxygen atoms in total. The Hall–Kier alpha value is -1.99. The Balaban J connectivity index is 1.77. The van der Waals surface area contributed by atoms with Gasteiger partial charge in [0.2, 0.25) is 5.91 Å². The molecular formula is C16H21F2N3O3. The number of likely N-dealkylation sites (tertiary alicyclic amines) is 1. The number of aryl methyl sites for hydroxylation is 1. The Morgan fingerprint density at radius 2 is 2.12 bits per heavy atom. The molecule has 1 saturated carbocycles. The second-order valence-electron chi connectivity index (χ2n) is 6.87. The van der Waals surface area contributed by atoms with E-state index in [1.807, 2.05) is 0 Å². The summed E-state index contributed by atoms with van der Waals surface area (Å²) in [6.45, 7) is 1.03. The summed E-state index contributed by atoms with van der Waals surface area (Å²) in [4.78, 5) is 25.9. The van der Waals surface area contributed by atoms with Gasteiger partial charge in [-0.05, 0) is 32.6 Å². The molecule has 2 heterocycles. The normalized spacial score (nSPS) is 26.2. The van der Waals surface area contributed by atoms with Gasteiger partial charge in [0.05, 0.1) is 17.5 Å². The zero-order valence-electron chi connectivity index (χ0n) is 13.8. The zero-order valence-corrected chi connectivity index (χ0v) is 13.8. The van der Waals surface area contributed by atoms with Crippen LogP contribution in [-0.2, 0) is 16.0 Å². The van der Waals surface area contributed by atoms with Gasteiger partial charge in [-0.25, -0.2) is 4.68 Å². The van der Waals surface area contributed by atoms with Crippen molar-refractivity contribution in [1.82, 2.24) is 14.7 Å². The molecule has 1 saturated heterocycles. The van der Waals surface area contributed by atoms with Crippen LogP contribution in [0.4, 0.5) is 8.78 Å². The van der Waals surface area contributed by atoms with Crippen LogP contribution >= 0.6 is 0 Å². The van der Waals surface area contributed by atoms with E-state index in [9.17, 15) is 23.5 Å². The lowest BCUT2D eigenvalue weighted by molar-refractivity contribution is -0.149. The van der Waals surface area contributed by atoms with Gasteiger partial charge in [-0.3, -0.25) is 9.59 Å². The van der Waals surface area contributed by atoms with E-state index < -0.39 is 17.9 Å². The number of fused-ring (bicyclic) bond motifs is 1. The molecule has 2 fully saturated rings. The van der Waals surface area contributed by atoms with Gasteiger partial charge in [0, 0.05) is 24.3 Å². The molecule has 132 valence electrons. The number of rotatable bonds is 4. The minimum Gasteiger partial charge on any atom is -0.481 e. The highest BCUT2D eigenvalue weighted by Gasteiger charge is 2.55. The minimum absolute atomic E-state index is 0.00932. The Morgan fingerprint density at radius 1 is 1.42 bits per heavy atom. The molecule has 1 aromatic rings. The van der Waals surface area contributed by atoms with Crippen LogP contribution in [0.25, 0.3) is 0 Å². The number of hydrogen-bond donors (Lipinski definition) is 1. The summed E-state index contributed by atoms with van der Waals surface area (Å²) in [5, 5.41) is 13.4. The minimum atomic E-state index is -2.74. The number of hydrogen-bond acceptors (Lipinski definition) is 3. The van der Waals surface area contributed by atoms with Crippen LogP contribution in [0, 0.1) is 25.2 Å². The molecule has 1 amide bonds. The average molecular weight is 341 g/mol. The second kappa shape index (κ2) is 5.82. The summed E-state index contributed by atoms with van der Waals surface area (Å²) in [5.74, 6) is -1.06. The summed E-state index contributed by atoms with van der Waals surface area (Å²) < 4.78 is 26.4. The van der Waals surface area contributed by atoms with Crippen molar-refractivity contribution < 1.29 is 23.5 Å². The lowest BCUT2D eigenvalue weighted by Gasteiger charge is -2.23. The monoisotopic (exact) mass is 341 g/mol. The van der Waals surface area contributed by atoms with Crippen molar-refractivity contribution in [3.63, 3.8) is 0 Å². The Morgan fingerprint density at radius 3 is 2.67 bits per heavy atom. The summed E-state index contributed by atoms with van der Waals surface area (Å²) in [7, 11) is 0. The van der Waals surface area contributed by atoms with E-state index in [2.05, 4.69) is 5.10 Å². The fourth-order valence-electron chi connectivity index (χ4n) is 4.23. The van der Waals surface area contributed by atoms with E-state index in [1.165, 1.54) is 6.92 Å². The van der Waals surface area contributed by atoms with E-state index >= 15 is 0 Å². The molecule has 2 atom stereocenters. The number of amides is 1. The molecule has 1 aliphatic heterocycles. The lowest BCUT2D eigenvalue weighted by atomic mass is 9.81. The van der Waals surface area contributed by atoms with E-state index in [1.54, 1.807) is 11.8 Å². The van der Waals surface area contributed by atoms with Crippen LogP contribution in [0.1, 0.15) is 42.8 Å². The largest absolute Gasteiger partial charge is 0.481 e. The molecule has 3 rings (SSSR count). The Bertz CT molecular complexity index is 688. The van der Waals surface area contributed by atoms with Gasteiger partial charge in [-0.15, -0.1) is 0 Å². The SMILES string of the molecule is Cc1nn(C(F)F)c(C)c1CC(=O)N1C[C@@H]2CCC[C@@]2(C(=O)O)C1. The van der Waals surface area contributed by atoms with Crippen molar-refractivity contribution in [2.75, 3.05) is 13.1 Å². The third kappa shape index (κ3) is 2.48. The predicted octanol–water partition coefficient (Wildman–Crippen LogP) is 2.15. The van der Waals surface area contributed by atoms with Crippen molar-refractivity contribution in [2.24, 2.45) is 11.3 Å². The van der Waals surface area contributed by atoms with Crippen LogP contribution in [0.5, 0.6) is 0 Å². The molecule has 2 aliphatic rings. The number of carbonyl (C=O) groups excluding carboxylic acids is 1. The maximum atomic E-state index is 12.9. The van der Waals surface area contributed by atoms with Crippen molar-refractivity contribution in [3.8, 4) is 0 Å². The summed E-state index contributed by atoms with van der Waals surface area (Å²) >= 11 is 0.